The van der Waals surface area contributed by atoms with Crippen molar-refractivity contribution in [1.82, 2.24) is 15.0 Å². The molecule has 0 N–H and O–H groups in total. The van der Waals surface area contributed by atoms with Crippen molar-refractivity contribution in [3.05, 3.63) is 139 Å². The van der Waals surface area contributed by atoms with Crippen LogP contribution in [0.15, 0.2) is 132 Å². The quantitative estimate of drug-likeness (QED) is 0.214. The van der Waals surface area contributed by atoms with Crippen LogP contribution in [0.1, 0.15) is 25.0 Å². The molecule has 0 aliphatic heterocycles. The Morgan fingerprint density at radius 3 is 2.05 bits per heavy atom. The summed E-state index contributed by atoms with van der Waals surface area (Å²) in [4.78, 5) is 15.6. The van der Waals surface area contributed by atoms with Gasteiger partial charge >= 0.3 is 0 Å². The highest BCUT2D eigenvalue weighted by molar-refractivity contribution is 6.14. The number of para-hydroxylation sites is 1. The minimum Gasteiger partial charge on any atom is -0.455 e. The molecule has 2 heterocycles. The zero-order valence-corrected chi connectivity index (χ0v) is 24.4. The van der Waals surface area contributed by atoms with Crippen molar-refractivity contribution >= 4 is 32.7 Å². The number of furan rings is 1. The molecule has 4 heteroatoms. The first-order valence-corrected chi connectivity index (χ1v) is 15.0. The smallest absolute Gasteiger partial charge is 0.168 e. The first-order valence-electron chi connectivity index (χ1n) is 15.0. The van der Waals surface area contributed by atoms with Crippen molar-refractivity contribution < 1.29 is 4.42 Å². The number of aromatic nitrogens is 3. The molecule has 6 aromatic carbocycles. The van der Waals surface area contributed by atoms with Gasteiger partial charge in [-0.25, -0.2) is 15.0 Å². The van der Waals surface area contributed by atoms with E-state index in [1.807, 2.05) is 30.3 Å². The molecule has 0 amide bonds. The average Bonchev–Trinajstić information content (AvgIpc) is 3.56. The van der Waals surface area contributed by atoms with Crippen LogP contribution in [0.25, 0.3) is 78.0 Å². The van der Waals surface area contributed by atoms with Crippen LogP contribution in [-0.4, -0.2) is 15.0 Å². The molecule has 0 spiro atoms. The van der Waals surface area contributed by atoms with Crippen molar-refractivity contribution in [3.63, 3.8) is 0 Å². The lowest BCUT2D eigenvalue weighted by Crippen LogP contribution is -2.15. The van der Waals surface area contributed by atoms with Crippen LogP contribution in [0.3, 0.4) is 0 Å². The van der Waals surface area contributed by atoms with E-state index in [9.17, 15) is 0 Å². The maximum atomic E-state index is 6.71. The Kier molecular flexibility index (Phi) is 5.21. The third-order valence-electron chi connectivity index (χ3n) is 9.13. The molecule has 1 aliphatic carbocycles. The fourth-order valence-electron chi connectivity index (χ4n) is 6.98. The summed E-state index contributed by atoms with van der Waals surface area (Å²) in [7, 11) is 0. The fourth-order valence-corrected chi connectivity index (χ4v) is 6.98. The maximum Gasteiger partial charge on any atom is 0.168 e. The minimum absolute atomic E-state index is 0.207. The van der Waals surface area contributed by atoms with E-state index in [0.717, 1.165) is 55.0 Å². The highest BCUT2D eigenvalue weighted by Gasteiger charge is 2.39. The average molecular weight is 566 g/mol. The third-order valence-corrected chi connectivity index (χ3v) is 9.13. The summed E-state index contributed by atoms with van der Waals surface area (Å²) in [6.45, 7) is 4.61. The van der Waals surface area contributed by atoms with Gasteiger partial charge in [-0.15, -0.1) is 0 Å². The Hall–Kier alpha value is -5.61. The number of hydrogen-bond acceptors (Lipinski definition) is 4. The van der Waals surface area contributed by atoms with Gasteiger partial charge in [-0.2, -0.15) is 0 Å². The fraction of sp³-hybridized carbons (Fsp3) is 0.0750. The minimum atomic E-state index is -0.207. The lowest BCUT2D eigenvalue weighted by Gasteiger charge is -2.22. The van der Waals surface area contributed by atoms with Crippen molar-refractivity contribution in [2.24, 2.45) is 0 Å². The summed E-state index contributed by atoms with van der Waals surface area (Å²) in [5.41, 5.74) is 9.13. The highest BCUT2D eigenvalue weighted by Crippen LogP contribution is 2.55. The van der Waals surface area contributed by atoms with Gasteiger partial charge in [0.2, 0.25) is 0 Å². The second-order valence-corrected chi connectivity index (χ2v) is 12.0. The normalized spacial score (nSPS) is 13.4. The molecular formula is C40H27N3O. The van der Waals surface area contributed by atoms with Crippen molar-refractivity contribution in [2.45, 2.75) is 19.3 Å². The van der Waals surface area contributed by atoms with E-state index < -0.39 is 0 Å². The molecule has 2 aromatic heterocycles. The summed E-state index contributed by atoms with van der Waals surface area (Å²) in [5, 5.41) is 4.41. The number of rotatable bonds is 3. The van der Waals surface area contributed by atoms with Gasteiger partial charge in [0.1, 0.15) is 11.2 Å². The summed E-state index contributed by atoms with van der Waals surface area (Å²) in [6.07, 6.45) is 0. The second kappa shape index (κ2) is 9.19. The largest absolute Gasteiger partial charge is 0.455 e. The molecule has 0 unspecified atom stereocenters. The molecule has 0 radical (unpaired) electrons. The summed E-state index contributed by atoms with van der Waals surface area (Å²) < 4.78 is 6.71. The van der Waals surface area contributed by atoms with Crippen LogP contribution in [0.5, 0.6) is 0 Å². The van der Waals surface area contributed by atoms with Crippen molar-refractivity contribution in [1.29, 1.82) is 0 Å². The Bertz CT molecular complexity index is 2420. The van der Waals surface area contributed by atoms with Gasteiger partial charge in [0, 0.05) is 32.9 Å². The Morgan fingerprint density at radius 1 is 0.500 bits per heavy atom. The number of benzene rings is 6. The van der Waals surface area contributed by atoms with Gasteiger partial charge in [-0.05, 0) is 39.6 Å². The van der Waals surface area contributed by atoms with E-state index >= 15 is 0 Å². The monoisotopic (exact) mass is 565 g/mol. The highest BCUT2D eigenvalue weighted by atomic mass is 16.3. The van der Waals surface area contributed by atoms with Crippen molar-refractivity contribution in [2.75, 3.05) is 0 Å². The van der Waals surface area contributed by atoms with E-state index in [1.165, 1.54) is 16.7 Å². The number of nitrogens with zero attached hydrogens (tertiary/aromatic N) is 3. The molecule has 4 nitrogen and oxygen atoms in total. The standard InChI is InChI=1S/C40H27N3O/c1-40(2)31-21-10-8-19-29(31)34-32(40)23-30-27-18-9-11-22-33(27)44-36(30)35(34)39-42-37(25-14-4-3-5-15-25)41-38(43-39)28-20-12-16-24-13-6-7-17-26(24)28/h3-23H,1-2H3. The summed E-state index contributed by atoms with van der Waals surface area (Å²) >= 11 is 0. The number of fused-ring (bicyclic) bond motifs is 7. The summed E-state index contributed by atoms with van der Waals surface area (Å²) in [6, 6.07) is 44.1. The molecular weight excluding hydrogens is 538 g/mol. The van der Waals surface area contributed by atoms with E-state index in [1.54, 1.807) is 0 Å². The first kappa shape index (κ1) is 24.9. The van der Waals surface area contributed by atoms with Crippen LogP contribution in [0.2, 0.25) is 0 Å². The maximum absolute atomic E-state index is 6.71. The van der Waals surface area contributed by atoms with E-state index in [0.29, 0.717) is 17.5 Å². The van der Waals surface area contributed by atoms with Crippen molar-refractivity contribution in [3.8, 4) is 45.3 Å². The zero-order chi connectivity index (χ0) is 29.4. The Labute approximate surface area is 254 Å². The summed E-state index contributed by atoms with van der Waals surface area (Å²) in [5.74, 6) is 1.87. The molecule has 0 atom stereocenters. The van der Waals surface area contributed by atoms with Crippen LogP contribution in [0.4, 0.5) is 0 Å². The van der Waals surface area contributed by atoms with Crippen LogP contribution < -0.4 is 0 Å². The van der Waals surface area contributed by atoms with Gasteiger partial charge in [-0.3, -0.25) is 0 Å². The van der Waals surface area contributed by atoms with E-state index in [2.05, 4.69) is 111 Å². The van der Waals surface area contributed by atoms with E-state index in [4.69, 9.17) is 19.4 Å². The van der Waals surface area contributed by atoms with Gasteiger partial charge in [0.05, 0.1) is 5.56 Å². The molecule has 44 heavy (non-hydrogen) atoms. The molecule has 0 saturated heterocycles. The molecule has 0 bridgehead atoms. The second-order valence-electron chi connectivity index (χ2n) is 12.0. The molecule has 9 rings (SSSR count). The zero-order valence-electron chi connectivity index (χ0n) is 24.4. The van der Waals surface area contributed by atoms with Crippen LogP contribution >= 0.6 is 0 Å². The molecule has 1 aliphatic rings. The van der Waals surface area contributed by atoms with Crippen LogP contribution in [-0.2, 0) is 5.41 Å². The Morgan fingerprint density at radius 2 is 1.16 bits per heavy atom. The first-order chi connectivity index (χ1) is 21.6. The number of hydrogen-bond donors (Lipinski definition) is 0. The molecule has 208 valence electrons. The third kappa shape index (κ3) is 3.54. The molecule has 0 fully saturated rings. The van der Waals surface area contributed by atoms with Gasteiger partial charge in [-0.1, -0.05) is 129 Å². The molecule has 0 saturated carbocycles. The predicted octanol–water partition coefficient (Wildman–Crippen LogP) is 10.2. The van der Waals surface area contributed by atoms with E-state index in [-0.39, 0.29) is 5.41 Å². The lowest BCUT2D eigenvalue weighted by atomic mass is 9.81. The predicted molar refractivity (Wildman–Crippen MR) is 178 cm³/mol. The van der Waals surface area contributed by atoms with Gasteiger partial charge in [0.25, 0.3) is 0 Å². The Balaban J connectivity index is 1.44. The SMILES string of the molecule is CC1(C)c2ccccc2-c2c1cc1c(oc3ccccc31)c2-c1nc(-c2ccccc2)nc(-c2cccc3ccccc23)n1. The lowest BCUT2D eigenvalue weighted by molar-refractivity contribution is 0.658. The van der Waals surface area contributed by atoms with Crippen LogP contribution in [0, 0.1) is 0 Å². The van der Waals surface area contributed by atoms with Gasteiger partial charge in [0.15, 0.2) is 17.5 Å². The molecule has 8 aromatic rings. The van der Waals surface area contributed by atoms with Gasteiger partial charge < -0.3 is 4.42 Å². The topological polar surface area (TPSA) is 51.8 Å².